The van der Waals surface area contributed by atoms with Crippen LogP contribution in [0, 0.1) is 0 Å². The van der Waals surface area contributed by atoms with E-state index in [1.54, 1.807) is 0 Å². The highest BCUT2D eigenvalue weighted by molar-refractivity contribution is 7.99. The number of aromatic nitrogens is 2. The molecule has 1 aromatic heterocycles. The molecule has 34 heavy (non-hydrogen) atoms. The Morgan fingerprint density at radius 2 is 1.71 bits per heavy atom. The number of para-hydroxylation sites is 1. The molecule has 3 aromatic rings. The minimum Gasteiger partial charge on any atom is -0.368 e. The molecule has 0 unspecified atom stereocenters. The molecule has 0 aliphatic carbocycles. The Bertz CT molecular complexity index is 1140. The van der Waals surface area contributed by atoms with Crippen molar-refractivity contribution in [3.63, 3.8) is 0 Å². The lowest BCUT2D eigenvalue weighted by molar-refractivity contribution is -0.137. The summed E-state index contributed by atoms with van der Waals surface area (Å²) >= 11 is 7.12. The summed E-state index contributed by atoms with van der Waals surface area (Å²) in [6, 6.07) is 14.8. The van der Waals surface area contributed by atoms with Crippen molar-refractivity contribution in [3.05, 3.63) is 71.5 Å². The molecule has 1 N–H and O–H groups in total. The average molecular weight is 508 g/mol. The second-order valence-electron chi connectivity index (χ2n) is 7.55. The molecule has 2 aromatic carbocycles. The maximum absolute atomic E-state index is 12.9. The fourth-order valence-corrected chi connectivity index (χ4v) is 4.36. The number of nitrogens with one attached hydrogen (secondary N) is 1. The highest BCUT2D eigenvalue weighted by atomic mass is 35.5. The number of anilines is 3. The van der Waals surface area contributed by atoms with E-state index in [0.29, 0.717) is 5.03 Å². The van der Waals surface area contributed by atoms with Crippen LogP contribution in [0.2, 0.25) is 5.02 Å². The third-order valence-electron chi connectivity index (χ3n) is 5.27. The Hall–Kier alpha value is -2.98. The number of carbonyl (C=O) groups excluding carboxylic acids is 1. The number of benzene rings is 2. The number of thioether (sulfide) groups is 1. The molecule has 0 saturated carbocycles. The zero-order valence-corrected chi connectivity index (χ0v) is 19.5. The molecule has 4 rings (SSSR count). The highest BCUT2D eigenvalue weighted by Gasteiger charge is 2.31. The molecule has 178 valence electrons. The molecule has 0 atom stereocenters. The van der Waals surface area contributed by atoms with Gasteiger partial charge in [-0.25, -0.2) is 9.97 Å². The molecule has 2 heterocycles. The zero-order valence-electron chi connectivity index (χ0n) is 17.9. The highest BCUT2D eigenvalue weighted by Crippen LogP contribution is 2.34. The Morgan fingerprint density at radius 3 is 2.41 bits per heavy atom. The molecule has 1 fully saturated rings. The Morgan fingerprint density at radius 1 is 1.00 bits per heavy atom. The minimum absolute atomic E-state index is 0.0327. The van der Waals surface area contributed by atoms with Crippen molar-refractivity contribution in [2.45, 2.75) is 11.2 Å². The molecular weight excluding hydrogens is 487 g/mol. The first kappa shape index (κ1) is 24.2. The lowest BCUT2D eigenvalue weighted by Crippen LogP contribution is -2.46. The van der Waals surface area contributed by atoms with E-state index < -0.39 is 17.6 Å². The van der Waals surface area contributed by atoms with Gasteiger partial charge in [-0.2, -0.15) is 13.2 Å². The van der Waals surface area contributed by atoms with Crippen molar-refractivity contribution in [2.75, 3.05) is 47.0 Å². The summed E-state index contributed by atoms with van der Waals surface area (Å²) in [6.07, 6.45) is -3.08. The molecule has 0 bridgehead atoms. The van der Waals surface area contributed by atoms with Crippen LogP contribution in [0.15, 0.2) is 66.0 Å². The van der Waals surface area contributed by atoms with Gasteiger partial charge in [0.1, 0.15) is 17.2 Å². The Kier molecular flexibility index (Phi) is 7.47. The van der Waals surface area contributed by atoms with Gasteiger partial charge in [-0.15, -0.1) is 0 Å². The third kappa shape index (κ3) is 6.12. The Balaban J connectivity index is 1.32. The molecule has 1 aliphatic heterocycles. The van der Waals surface area contributed by atoms with Gasteiger partial charge in [0.15, 0.2) is 0 Å². The van der Waals surface area contributed by atoms with Crippen LogP contribution in [0.5, 0.6) is 0 Å². The molecule has 0 spiro atoms. The summed E-state index contributed by atoms with van der Waals surface area (Å²) in [4.78, 5) is 25.4. The SMILES string of the molecule is O=C(CSc1cc(N2CCN(c3ccccc3)CC2)ncn1)Nc1cc(C(F)(F)F)ccc1Cl. The summed E-state index contributed by atoms with van der Waals surface area (Å²) in [7, 11) is 0. The summed E-state index contributed by atoms with van der Waals surface area (Å²) in [5.74, 6) is 0.250. The van der Waals surface area contributed by atoms with Crippen molar-refractivity contribution < 1.29 is 18.0 Å². The average Bonchev–Trinajstić information content (AvgIpc) is 2.84. The van der Waals surface area contributed by atoms with Gasteiger partial charge < -0.3 is 15.1 Å². The van der Waals surface area contributed by atoms with Crippen LogP contribution < -0.4 is 15.1 Å². The van der Waals surface area contributed by atoms with E-state index in [-0.39, 0.29) is 16.5 Å². The van der Waals surface area contributed by atoms with Gasteiger partial charge in [-0.3, -0.25) is 4.79 Å². The second kappa shape index (κ2) is 10.5. The zero-order chi connectivity index (χ0) is 24.1. The number of hydrogen-bond donors (Lipinski definition) is 1. The maximum Gasteiger partial charge on any atom is 0.416 e. The summed E-state index contributed by atoms with van der Waals surface area (Å²) in [5, 5.41) is 3.07. The van der Waals surface area contributed by atoms with E-state index in [4.69, 9.17) is 11.6 Å². The van der Waals surface area contributed by atoms with Crippen molar-refractivity contribution in [1.82, 2.24) is 9.97 Å². The number of hydrogen-bond acceptors (Lipinski definition) is 6. The fourth-order valence-electron chi connectivity index (χ4n) is 3.54. The van der Waals surface area contributed by atoms with Crippen LogP contribution in [0.25, 0.3) is 0 Å². The normalized spacial score (nSPS) is 14.2. The number of amides is 1. The van der Waals surface area contributed by atoms with Gasteiger partial charge in [-0.1, -0.05) is 41.6 Å². The van der Waals surface area contributed by atoms with Gasteiger partial charge in [0.25, 0.3) is 0 Å². The van der Waals surface area contributed by atoms with Gasteiger partial charge in [0.2, 0.25) is 5.91 Å². The van der Waals surface area contributed by atoms with Crippen LogP contribution >= 0.6 is 23.4 Å². The topological polar surface area (TPSA) is 61.4 Å². The van der Waals surface area contributed by atoms with Crippen LogP contribution in [0.1, 0.15) is 5.56 Å². The van der Waals surface area contributed by atoms with E-state index >= 15 is 0 Å². The Labute approximate surface area is 204 Å². The third-order valence-corrected chi connectivity index (χ3v) is 6.53. The number of carbonyl (C=O) groups is 1. The molecule has 1 amide bonds. The van der Waals surface area contributed by atoms with Gasteiger partial charge in [0, 0.05) is 37.9 Å². The second-order valence-corrected chi connectivity index (χ2v) is 8.96. The molecular formula is C23H21ClF3N5OS. The first-order valence-corrected chi connectivity index (χ1v) is 11.8. The molecule has 11 heteroatoms. The molecule has 6 nitrogen and oxygen atoms in total. The van der Waals surface area contributed by atoms with Gasteiger partial charge >= 0.3 is 6.18 Å². The minimum atomic E-state index is -4.53. The van der Waals surface area contributed by atoms with Gasteiger partial charge in [0.05, 0.1) is 22.0 Å². The number of piperazine rings is 1. The van der Waals surface area contributed by atoms with Crippen LogP contribution in [-0.4, -0.2) is 47.8 Å². The summed E-state index contributed by atoms with van der Waals surface area (Å²) < 4.78 is 38.8. The van der Waals surface area contributed by atoms with Crippen LogP contribution in [-0.2, 0) is 11.0 Å². The van der Waals surface area contributed by atoms with Crippen molar-refractivity contribution in [3.8, 4) is 0 Å². The van der Waals surface area contributed by atoms with E-state index in [0.717, 1.165) is 50.2 Å². The first-order chi connectivity index (χ1) is 16.3. The molecule has 1 aliphatic rings. The summed E-state index contributed by atoms with van der Waals surface area (Å²) in [6.45, 7) is 3.31. The lowest BCUT2D eigenvalue weighted by atomic mass is 10.2. The van der Waals surface area contributed by atoms with E-state index in [9.17, 15) is 18.0 Å². The first-order valence-electron chi connectivity index (χ1n) is 10.5. The molecule has 0 radical (unpaired) electrons. The van der Waals surface area contributed by atoms with E-state index in [2.05, 4.69) is 37.2 Å². The molecule has 1 saturated heterocycles. The number of alkyl halides is 3. The lowest BCUT2D eigenvalue weighted by Gasteiger charge is -2.36. The van der Waals surface area contributed by atoms with Crippen molar-refractivity contribution in [1.29, 1.82) is 0 Å². The standard InChI is InChI=1S/C23H21ClF3N5OS/c24-18-7-6-16(23(25,26)27)12-19(18)30-21(33)14-34-22-13-20(28-15-29-22)32-10-8-31(9-11-32)17-4-2-1-3-5-17/h1-7,12-13,15H,8-11,14H2,(H,30,33). The van der Waals surface area contributed by atoms with E-state index in [1.807, 2.05) is 24.3 Å². The number of nitrogens with zero attached hydrogens (tertiary/aromatic N) is 4. The predicted octanol–water partition coefficient (Wildman–Crippen LogP) is 5.21. The van der Waals surface area contributed by atoms with Gasteiger partial charge in [-0.05, 0) is 30.3 Å². The monoisotopic (exact) mass is 507 g/mol. The quantitative estimate of drug-likeness (QED) is 0.365. The predicted molar refractivity (Wildman–Crippen MR) is 129 cm³/mol. The van der Waals surface area contributed by atoms with E-state index in [1.165, 1.54) is 23.8 Å². The number of halogens is 4. The van der Waals surface area contributed by atoms with Crippen LogP contribution in [0.3, 0.4) is 0 Å². The largest absolute Gasteiger partial charge is 0.416 e. The summed E-state index contributed by atoms with van der Waals surface area (Å²) in [5.41, 5.74) is 0.224. The smallest absolute Gasteiger partial charge is 0.368 e. The number of rotatable bonds is 6. The van der Waals surface area contributed by atoms with Crippen molar-refractivity contribution in [2.24, 2.45) is 0 Å². The fraction of sp³-hybridized carbons (Fsp3) is 0.261. The van der Waals surface area contributed by atoms with Crippen LogP contribution in [0.4, 0.5) is 30.4 Å². The maximum atomic E-state index is 12.9. The van der Waals surface area contributed by atoms with Crippen molar-refractivity contribution >= 4 is 46.5 Å².